The minimum absolute atomic E-state index is 0.0657. The minimum Gasteiger partial charge on any atom is -0.392 e. The average Bonchev–Trinajstić information content (AvgIpc) is 2.48. The van der Waals surface area contributed by atoms with Crippen molar-refractivity contribution in [2.75, 3.05) is 0 Å². The monoisotopic (exact) mass is 289 g/mol. The van der Waals surface area contributed by atoms with Crippen LogP contribution in [-0.4, -0.2) is 10.0 Å². The Labute approximate surface area is 121 Å². The van der Waals surface area contributed by atoms with Gasteiger partial charge in [0.2, 0.25) is 0 Å². The van der Waals surface area contributed by atoms with E-state index in [-0.39, 0.29) is 17.2 Å². The molecule has 2 aromatic carbocycles. The fourth-order valence-electron chi connectivity index (χ4n) is 1.74. The first-order chi connectivity index (χ1) is 9.69. The topological polar surface area (TPSA) is 63.4 Å². The summed E-state index contributed by atoms with van der Waals surface area (Å²) in [7, 11) is 0. The molecular formula is C15H15NO3S. The Morgan fingerprint density at radius 1 is 0.900 bits per heavy atom. The summed E-state index contributed by atoms with van der Waals surface area (Å²) in [4.78, 5) is 10.2. The molecule has 0 bridgehead atoms. The first kappa shape index (κ1) is 14.6. The van der Waals surface area contributed by atoms with E-state index in [9.17, 15) is 10.1 Å². The Morgan fingerprint density at radius 3 is 1.80 bits per heavy atom. The summed E-state index contributed by atoms with van der Waals surface area (Å²) in [5.41, 5.74) is 3.31. The summed E-state index contributed by atoms with van der Waals surface area (Å²) in [5, 5.41) is 19.5. The molecule has 0 saturated carbocycles. The van der Waals surface area contributed by atoms with Gasteiger partial charge in [0.25, 0.3) is 5.69 Å². The molecule has 2 aromatic rings. The predicted octanol–water partition coefficient (Wildman–Crippen LogP) is 3.52. The van der Waals surface area contributed by atoms with Crippen LogP contribution in [0.4, 0.5) is 5.69 Å². The lowest BCUT2D eigenvalue weighted by Crippen LogP contribution is -1.89. The van der Waals surface area contributed by atoms with Crippen LogP contribution < -0.4 is 0 Å². The highest BCUT2D eigenvalue weighted by atomic mass is 32.2. The van der Waals surface area contributed by atoms with Crippen molar-refractivity contribution >= 4 is 17.4 Å². The van der Waals surface area contributed by atoms with Crippen molar-refractivity contribution in [1.29, 1.82) is 0 Å². The third-order valence-electron chi connectivity index (χ3n) is 2.89. The Hall–Kier alpha value is -1.85. The van der Waals surface area contributed by atoms with Gasteiger partial charge in [-0.25, -0.2) is 0 Å². The zero-order valence-corrected chi connectivity index (χ0v) is 11.7. The summed E-state index contributed by atoms with van der Waals surface area (Å²) in [6, 6.07) is 14.5. The molecule has 0 amide bonds. The van der Waals surface area contributed by atoms with Crippen LogP contribution in [-0.2, 0) is 18.1 Å². The van der Waals surface area contributed by atoms with E-state index >= 15 is 0 Å². The molecule has 2 rings (SSSR count). The first-order valence-electron chi connectivity index (χ1n) is 6.19. The standard InChI is InChI=1S/C15H15NO3S/c17-9-12-1-3-13(4-2-12)10-20-11-14-5-7-15(8-6-14)16(18)19/h1-8,17H,9-11H2. The van der Waals surface area contributed by atoms with E-state index < -0.39 is 0 Å². The zero-order chi connectivity index (χ0) is 14.4. The number of thioether (sulfide) groups is 1. The molecule has 0 saturated heterocycles. The Kier molecular flexibility index (Phi) is 5.15. The fourth-order valence-corrected chi connectivity index (χ4v) is 2.70. The van der Waals surface area contributed by atoms with Crippen LogP contribution in [0.1, 0.15) is 16.7 Å². The van der Waals surface area contributed by atoms with Gasteiger partial charge in [0.05, 0.1) is 11.5 Å². The Balaban J connectivity index is 1.84. The van der Waals surface area contributed by atoms with Crippen molar-refractivity contribution in [2.45, 2.75) is 18.1 Å². The van der Waals surface area contributed by atoms with E-state index in [0.29, 0.717) is 0 Å². The molecule has 0 unspecified atom stereocenters. The summed E-state index contributed by atoms with van der Waals surface area (Å²) in [5.74, 6) is 1.70. The summed E-state index contributed by atoms with van der Waals surface area (Å²) in [6.45, 7) is 0.0657. The van der Waals surface area contributed by atoms with Crippen LogP contribution in [0.3, 0.4) is 0 Å². The van der Waals surface area contributed by atoms with Crippen LogP contribution in [0.15, 0.2) is 48.5 Å². The second-order valence-corrected chi connectivity index (χ2v) is 5.38. The van der Waals surface area contributed by atoms with Gasteiger partial charge in [-0.1, -0.05) is 36.4 Å². The molecule has 0 aromatic heterocycles. The number of aliphatic hydroxyl groups is 1. The molecule has 0 spiro atoms. The molecule has 5 heteroatoms. The molecule has 0 fully saturated rings. The molecule has 1 N–H and O–H groups in total. The second-order valence-electron chi connectivity index (χ2n) is 4.39. The molecule has 104 valence electrons. The lowest BCUT2D eigenvalue weighted by molar-refractivity contribution is -0.384. The number of benzene rings is 2. The summed E-state index contributed by atoms with van der Waals surface area (Å²) >= 11 is 1.75. The molecular weight excluding hydrogens is 274 g/mol. The third-order valence-corrected chi connectivity index (χ3v) is 3.97. The SMILES string of the molecule is O=[N+]([O-])c1ccc(CSCc2ccc(CO)cc2)cc1. The van der Waals surface area contributed by atoms with E-state index in [1.54, 1.807) is 23.9 Å². The number of nitro groups is 1. The third kappa shape index (κ3) is 4.08. The van der Waals surface area contributed by atoms with Gasteiger partial charge >= 0.3 is 0 Å². The zero-order valence-electron chi connectivity index (χ0n) is 10.9. The maximum atomic E-state index is 10.5. The van der Waals surface area contributed by atoms with Gasteiger partial charge in [-0.15, -0.1) is 0 Å². The van der Waals surface area contributed by atoms with Crippen LogP contribution in [0.25, 0.3) is 0 Å². The van der Waals surface area contributed by atoms with Gasteiger partial charge in [-0.2, -0.15) is 11.8 Å². The predicted molar refractivity (Wildman–Crippen MR) is 80.5 cm³/mol. The number of nitro benzene ring substituents is 1. The van der Waals surface area contributed by atoms with E-state index in [2.05, 4.69) is 0 Å². The first-order valence-corrected chi connectivity index (χ1v) is 7.34. The summed E-state index contributed by atoms with van der Waals surface area (Å²) in [6.07, 6.45) is 0. The van der Waals surface area contributed by atoms with Crippen LogP contribution in [0.5, 0.6) is 0 Å². The van der Waals surface area contributed by atoms with Crippen LogP contribution >= 0.6 is 11.8 Å². The number of hydrogen-bond acceptors (Lipinski definition) is 4. The second kappa shape index (κ2) is 7.07. The van der Waals surface area contributed by atoms with Crippen molar-refractivity contribution in [1.82, 2.24) is 0 Å². The molecule has 0 atom stereocenters. The average molecular weight is 289 g/mol. The number of hydrogen-bond donors (Lipinski definition) is 1. The molecule has 4 nitrogen and oxygen atoms in total. The van der Waals surface area contributed by atoms with Gasteiger partial charge in [-0.05, 0) is 16.7 Å². The maximum absolute atomic E-state index is 10.5. The highest BCUT2D eigenvalue weighted by Gasteiger charge is 2.03. The van der Waals surface area contributed by atoms with Crippen molar-refractivity contribution in [3.05, 3.63) is 75.3 Å². The quantitative estimate of drug-likeness (QED) is 0.653. The molecule has 0 radical (unpaired) electrons. The Morgan fingerprint density at radius 2 is 1.35 bits per heavy atom. The summed E-state index contributed by atoms with van der Waals surface area (Å²) < 4.78 is 0. The molecule has 0 heterocycles. The highest BCUT2D eigenvalue weighted by Crippen LogP contribution is 2.20. The normalized spacial score (nSPS) is 10.4. The van der Waals surface area contributed by atoms with Crippen LogP contribution in [0.2, 0.25) is 0 Å². The van der Waals surface area contributed by atoms with E-state index in [0.717, 1.165) is 22.6 Å². The number of rotatable bonds is 6. The number of nitrogens with zero attached hydrogens (tertiary/aromatic N) is 1. The minimum atomic E-state index is -0.389. The van der Waals surface area contributed by atoms with E-state index in [1.807, 2.05) is 24.3 Å². The van der Waals surface area contributed by atoms with E-state index in [1.165, 1.54) is 17.7 Å². The fraction of sp³-hybridized carbons (Fsp3) is 0.200. The van der Waals surface area contributed by atoms with Crippen molar-refractivity contribution in [2.24, 2.45) is 0 Å². The number of aliphatic hydroxyl groups excluding tert-OH is 1. The largest absolute Gasteiger partial charge is 0.392 e. The smallest absolute Gasteiger partial charge is 0.269 e. The van der Waals surface area contributed by atoms with Gasteiger partial charge in [0.1, 0.15) is 0 Å². The van der Waals surface area contributed by atoms with Gasteiger partial charge in [-0.3, -0.25) is 10.1 Å². The van der Waals surface area contributed by atoms with E-state index in [4.69, 9.17) is 5.11 Å². The van der Waals surface area contributed by atoms with Crippen molar-refractivity contribution in [3.63, 3.8) is 0 Å². The molecule has 0 aliphatic rings. The highest BCUT2D eigenvalue weighted by molar-refractivity contribution is 7.97. The van der Waals surface area contributed by atoms with Crippen molar-refractivity contribution in [3.8, 4) is 0 Å². The lowest BCUT2D eigenvalue weighted by atomic mass is 10.2. The van der Waals surface area contributed by atoms with Crippen molar-refractivity contribution < 1.29 is 10.0 Å². The van der Waals surface area contributed by atoms with Gasteiger partial charge in [0.15, 0.2) is 0 Å². The van der Waals surface area contributed by atoms with Crippen LogP contribution in [0, 0.1) is 10.1 Å². The molecule has 0 aliphatic carbocycles. The molecule has 0 aliphatic heterocycles. The number of non-ortho nitro benzene ring substituents is 1. The maximum Gasteiger partial charge on any atom is 0.269 e. The molecule has 20 heavy (non-hydrogen) atoms. The van der Waals surface area contributed by atoms with Gasteiger partial charge < -0.3 is 5.11 Å². The lowest BCUT2D eigenvalue weighted by Gasteiger charge is -2.03. The van der Waals surface area contributed by atoms with Gasteiger partial charge in [0, 0.05) is 23.6 Å². The Bertz CT molecular complexity index is 567.